The van der Waals surface area contributed by atoms with Gasteiger partial charge < -0.3 is 10.6 Å². The number of nitrogens with zero attached hydrogens (tertiary/aromatic N) is 4. The Morgan fingerprint density at radius 2 is 1.86 bits per heavy atom. The van der Waals surface area contributed by atoms with E-state index in [0.29, 0.717) is 30.3 Å². The van der Waals surface area contributed by atoms with Gasteiger partial charge in [-0.2, -0.15) is 18.2 Å². The molecule has 13 heteroatoms. The topological polar surface area (TPSA) is 117 Å². The number of rotatable bonds is 7. The molecule has 0 atom stereocenters. The third-order valence-corrected chi connectivity index (χ3v) is 6.61. The second-order valence-corrected chi connectivity index (χ2v) is 10.0. The summed E-state index contributed by atoms with van der Waals surface area (Å²) < 4.78 is 65.6. The van der Waals surface area contributed by atoms with Crippen LogP contribution in [0.4, 0.5) is 36.4 Å². The monoisotopic (exact) mass is 506 g/mol. The van der Waals surface area contributed by atoms with Crippen molar-refractivity contribution in [3.8, 4) is 0 Å². The van der Waals surface area contributed by atoms with E-state index in [1.807, 2.05) is 0 Å². The van der Waals surface area contributed by atoms with Crippen molar-refractivity contribution in [2.24, 2.45) is 0 Å². The molecular weight excluding hydrogens is 485 g/mol. The second kappa shape index (κ2) is 9.13. The number of nitrogens with one attached hydrogen (secondary N) is 2. The lowest BCUT2D eigenvalue weighted by molar-refractivity contribution is -0.137. The van der Waals surface area contributed by atoms with Crippen LogP contribution in [0.15, 0.2) is 42.7 Å². The van der Waals surface area contributed by atoms with Crippen molar-refractivity contribution >= 4 is 39.1 Å². The van der Waals surface area contributed by atoms with Crippen molar-refractivity contribution < 1.29 is 26.4 Å². The largest absolute Gasteiger partial charge is 0.421 e. The van der Waals surface area contributed by atoms with E-state index in [0.717, 1.165) is 21.7 Å². The average molecular weight is 507 g/mol. The maximum atomic E-state index is 13.6. The minimum atomic E-state index is -4.73. The van der Waals surface area contributed by atoms with Gasteiger partial charge in [0.1, 0.15) is 23.0 Å². The predicted octanol–water partition coefficient (Wildman–Crippen LogP) is 3.31. The van der Waals surface area contributed by atoms with E-state index in [4.69, 9.17) is 0 Å². The zero-order chi connectivity index (χ0) is 25.4. The van der Waals surface area contributed by atoms with Crippen molar-refractivity contribution in [3.05, 3.63) is 65.0 Å². The van der Waals surface area contributed by atoms with E-state index in [-0.39, 0.29) is 24.1 Å². The Bertz CT molecular complexity index is 1400. The smallest absolute Gasteiger partial charge is 0.365 e. The minimum Gasteiger partial charge on any atom is -0.365 e. The molecule has 2 aromatic heterocycles. The van der Waals surface area contributed by atoms with Gasteiger partial charge in [-0.25, -0.2) is 18.4 Å². The maximum Gasteiger partial charge on any atom is 0.421 e. The summed E-state index contributed by atoms with van der Waals surface area (Å²) in [5, 5.41) is 5.51. The fraction of sp³-hybridized carbons (Fsp3) is 0.273. The molecule has 0 unspecified atom stereocenters. The van der Waals surface area contributed by atoms with Crippen LogP contribution in [0.5, 0.6) is 0 Å². The molecule has 184 valence electrons. The SMILES string of the molecule is CN(c1ncccc1CNc1nc(Nc2ccc3c(c2)CC(=O)C3)ncc1C(F)(F)F)S(C)(=O)=O. The summed E-state index contributed by atoms with van der Waals surface area (Å²) in [6, 6.07) is 8.34. The number of carbonyl (C=O) groups excluding carboxylic acids is 1. The van der Waals surface area contributed by atoms with E-state index in [9.17, 15) is 26.4 Å². The molecule has 9 nitrogen and oxygen atoms in total. The molecule has 0 fully saturated rings. The Morgan fingerprint density at radius 1 is 1.11 bits per heavy atom. The predicted molar refractivity (Wildman–Crippen MR) is 124 cm³/mol. The van der Waals surface area contributed by atoms with E-state index < -0.39 is 27.6 Å². The van der Waals surface area contributed by atoms with Crippen LogP contribution in [0.2, 0.25) is 0 Å². The first-order valence-corrected chi connectivity index (χ1v) is 12.2. The summed E-state index contributed by atoms with van der Waals surface area (Å²) in [4.78, 5) is 23.5. The number of ketones is 1. The van der Waals surface area contributed by atoms with Gasteiger partial charge in [-0.1, -0.05) is 12.1 Å². The van der Waals surface area contributed by atoms with Gasteiger partial charge in [-0.3, -0.25) is 9.10 Å². The van der Waals surface area contributed by atoms with E-state index in [1.165, 1.54) is 13.2 Å². The lowest BCUT2D eigenvalue weighted by atomic mass is 10.1. The summed E-state index contributed by atoms with van der Waals surface area (Å²) >= 11 is 0. The molecule has 0 aliphatic heterocycles. The fourth-order valence-electron chi connectivity index (χ4n) is 3.63. The first-order valence-electron chi connectivity index (χ1n) is 10.4. The fourth-order valence-corrected chi connectivity index (χ4v) is 4.11. The number of benzene rings is 1. The number of aromatic nitrogens is 3. The Hall–Kier alpha value is -3.74. The van der Waals surface area contributed by atoms with Gasteiger partial charge in [-0.05, 0) is 29.3 Å². The van der Waals surface area contributed by atoms with Crippen LogP contribution >= 0.6 is 0 Å². The normalized spacial score (nSPS) is 13.5. The summed E-state index contributed by atoms with van der Waals surface area (Å²) in [5.74, 6) is -0.380. The highest BCUT2D eigenvalue weighted by molar-refractivity contribution is 7.92. The molecule has 0 bridgehead atoms. The number of alkyl halides is 3. The third-order valence-electron chi connectivity index (χ3n) is 5.44. The molecule has 1 aromatic carbocycles. The minimum absolute atomic E-state index is 0.0792. The molecule has 1 aliphatic carbocycles. The Morgan fingerprint density at radius 3 is 2.57 bits per heavy atom. The van der Waals surface area contributed by atoms with Gasteiger partial charge in [0.2, 0.25) is 16.0 Å². The van der Waals surface area contributed by atoms with Crippen LogP contribution in [-0.2, 0) is 40.4 Å². The average Bonchev–Trinajstić information content (AvgIpc) is 3.15. The molecule has 1 aliphatic rings. The highest BCUT2D eigenvalue weighted by Gasteiger charge is 2.35. The van der Waals surface area contributed by atoms with Gasteiger partial charge in [0, 0.05) is 50.1 Å². The molecule has 35 heavy (non-hydrogen) atoms. The lowest BCUT2D eigenvalue weighted by Gasteiger charge is -2.20. The molecule has 2 N–H and O–H groups in total. The summed E-state index contributed by atoms with van der Waals surface area (Å²) in [6.45, 7) is -0.177. The van der Waals surface area contributed by atoms with Gasteiger partial charge in [-0.15, -0.1) is 0 Å². The van der Waals surface area contributed by atoms with E-state index in [2.05, 4.69) is 25.6 Å². The number of sulfonamides is 1. The molecule has 2 heterocycles. The van der Waals surface area contributed by atoms with E-state index >= 15 is 0 Å². The van der Waals surface area contributed by atoms with Crippen molar-refractivity contribution in [1.82, 2.24) is 15.0 Å². The van der Waals surface area contributed by atoms with Gasteiger partial charge >= 0.3 is 6.18 Å². The Kier molecular flexibility index (Phi) is 6.36. The molecule has 0 spiro atoms. The third kappa shape index (κ3) is 5.50. The first kappa shape index (κ1) is 24.4. The highest BCUT2D eigenvalue weighted by atomic mass is 32.2. The number of halogens is 3. The van der Waals surface area contributed by atoms with Crippen molar-refractivity contribution in [1.29, 1.82) is 0 Å². The lowest BCUT2D eigenvalue weighted by Crippen LogP contribution is -2.27. The first-order chi connectivity index (χ1) is 16.4. The maximum absolute atomic E-state index is 13.6. The van der Waals surface area contributed by atoms with Crippen molar-refractivity contribution in [3.63, 3.8) is 0 Å². The van der Waals surface area contributed by atoms with Crippen molar-refractivity contribution in [2.75, 3.05) is 28.2 Å². The van der Waals surface area contributed by atoms with Crippen LogP contribution in [0.3, 0.4) is 0 Å². The quantitative estimate of drug-likeness (QED) is 0.501. The number of anilines is 4. The van der Waals surface area contributed by atoms with Crippen LogP contribution in [0.1, 0.15) is 22.3 Å². The van der Waals surface area contributed by atoms with Crippen LogP contribution in [0, 0.1) is 0 Å². The number of carbonyl (C=O) groups is 1. The highest BCUT2D eigenvalue weighted by Crippen LogP contribution is 2.35. The Labute approximate surface area is 199 Å². The van der Waals surface area contributed by atoms with E-state index in [1.54, 1.807) is 30.3 Å². The number of fused-ring (bicyclic) bond motifs is 1. The van der Waals surface area contributed by atoms with Crippen molar-refractivity contribution in [2.45, 2.75) is 25.6 Å². The standard InChI is InChI=1S/C22H21F3N6O3S/c1-31(35(2,33)34)20-14(4-3-7-26-20)11-27-19-18(22(23,24)25)12-28-21(30-19)29-16-6-5-13-9-17(32)10-15(13)8-16/h3-8,12H,9-11H2,1-2H3,(H2,27,28,29,30). The molecule has 0 amide bonds. The van der Waals surface area contributed by atoms with Crippen LogP contribution in [-0.4, -0.2) is 42.5 Å². The molecule has 3 aromatic rings. The molecule has 0 saturated heterocycles. The zero-order valence-electron chi connectivity index (χ0n) is 18.7. The molecule has 4 rings (SSSR count). The number of hydrogen-bond acceptors (Lipinski definition) is 8. The van der Waals surface area contributed by atoms with Gasteiger partial charge in [0.15, 0.2) is 0 Å². The molecular formula is C22H21F3N6O3S. The van der Waals surface area contributed by atoms with Crippen LogP contribution in [0.25, 0.3) is 0 Å². The number of hydrogen-bond donors (Lipinski definition) is 2. The molecule has 0 radical (unpaired) electrons. The Balaban J connectivity index is 1.61. The summed E-state index contributed by atoms with van der Waals surface area (Å²) in [6.07, 6.45) is -1.000. The molecule has 0 saturated carbocycles. The summed E-state index contributed by atoms with van der Waals surface area (Å²) in [7, 11) is -2.33. The van der Waals surface area contributed by atoms with Gasteiger partial charge in [0.25, 0.3) is 0 Å². The number of Topliss-reactive ketones (excluding diaryl/α,β-unsaturated/α-hetero) is 1. The van der Waals surface area contributed by atoms with Gasteiger partial charge in [0.05, 0.1) is 6.26 Å². The zero-order valence-corrected chi connectivity index (χ0v) is 19.5. The number of pyridine rings is 1. The summed E-state index contributed by atoms with van der Waals surface area (Å²) in [5.41, 5.74) is 1.58. The van der Waals surface area contributed by atoms with Crippen LogP contribution < -0.4 is 14.9 Å². The second-order valence-electron chi connectivity index (χ2n) is 8.02.